The van der Waals surface area contributed by atoms with Gasteiger partial charge < -0.3 is 14.5 Å². The van der Waals surface area contributed by atoms with E-state index in [1.54, 1.807) is 13.8 Å². The van der Waals surface area contributed by atoms with Crippen LogP contribution in [0.2, 0.25) is 0 Å². The van der Waals surface area contributed by atoms with Crippen LogP contribution in [0.15, 0.2) is 30.6 Å². The summed E-state index contributed by atoms with van der Waals surface area (Å²) in [5.74, 6) is -0.464. The SMILES string of the molecule is CC(C)OC(=O)CCNC(=O)Cc1cn2ccccc2n1. The van der Waals surface area contributed by atoms with Gasteiger partial charge in [-0.2, -0.15) is 0 Å². The summed E-state index contributed by atoms with van der Waals surface area (Å²) in [6.07, 6.45) is 3.94. The summed E-state index contributed by atoms with van der Waals surface area (Å²) in [6.45, 7) is 3.86. The van der Waals surface area contributed by atoms with Gasteiger partial charge in [-0.15, -0.1) is 0 Å². The van der Waals surface area contributed by atoms with E-state index >= 15 is 0 Å². The molecule has 6 nitrogen and oxygen atoms in total. The summed E-state index contributed by atoms with van der Waals surface area (Å²) in [7, 11) is 0. The predicted molar refractivity (Wildman–Crippen MR) is 77.8 cm³/mol. The molecule has 0 aliphatic heterocycles. The second-order valence-corrected chi connectivity index (χ2v) is 5.01. The number of amides is 1. The van der Waals surface area contributed by atoms with Crippen molar-refractivity contribution in [1.82, 2.24) is 14.7 Å². The quantitative estimate of drug-likeness (QED) is 0.814. The first-order valence-corrected chi connectivity index (χ1v) is 6.93. The molecule has 0 fully saturated rings. The molecule has 0 aliphatic carbocycles. The highest BCUT2D eigenvalue weighted by molar-refractivity contribution is 5.79. The van der Waals surface area contributed by atoms with Crippen LogP contribution in [0.3, 0.4) is 0 Å². The van der Waals surface area contributed by atoms with Gasteiger partial charge in [0.05, 0.1) is 24.6 Å². The van der Waals surface area contributed by atoms with Gasteiger partial charge in [0.25, 0.3) is 0 Å². The molecule has 0 atom stereocenters. The van der Waals surface area contributed by atoms with Gasteiger partial charge in [-0.25, -0.2) is 4.98 Å². The highest BCUT2D eigenvalue weighted by Gasteiger charge is 2.09. The predicted octanol–water partition coefficient (Wildman–Crippen LogP) is 1.33. The monoisotopic (exact) mass is 289 g/mol. The molecule has 0 aliphatic rings. The van der Waals surface area contributed by atoms with Crippen molar-refractivity contribution < 1.29 is 14.3 Å². The van der Waals surface area contributed by atoms with Gasteiger partial charge in [0.2, 0.25) is 5.91 Å². The lowest BCUT2D eigenvalue weighted by Crippen LogP contribution is -2.28. The molecule has 1 amide bonds. The zero-order valence-electron chi connectivity index (χ0n) is 12.2. The minimum absolute atomic E-state index is 0.133. The largest absolute Gasteiger partial charge is 0.463 e. The zero-order chi connectivity index (χ0) is 15.2. The van der Waals surface area contributed by atoms with Crippen LogP contribution in [0.4, 0.5) is 0 Å². The molecule has 112 valence electrons. The van der Waals surface area contributed by atoms with Crippen LogP contribution in [0.5, 0.6) is 0 Å². The molecule has 2 aromatic rings. The number of carbonyl (C=O) groups excluding carboxylic acids is 2. The average molecular weight is 289 g/mol. The number of carbonyl (C=O) groups is 2. The standard InChI is InChI=1S/C15H19N3O3/c1-11(2)21-15(20)6-7-16-14(19)9-12-10-18-8-4-3-5-13(18)17-12/h3-5,8,10-11H,6-7,9H2,1-2H3,(H,16,19). The molecule has 0 saturated heterocycles. The molecule has 2 heterocycles. The number of imidazole rings is 1. The Bertz CT molecular complexity index is 601. The smallest absolute Gasteiger partial charge is 0.307 e. The van der Waals surface area contributed by atoms with Crippen molar-refractivity contribution >= 4 is 17.5 Å². The lowest BCUT2D eigenvalue weighted by molar-refractivity contribution is -0.147. The van der Waals surface area contributed by atoms with Gasteiger partial charge in [-0.3, -0.25) is 9.59 Å². The minimum Gasteiger partial charge on any atom is -0.463 e. The molecule has 2 aromatic heterocycles. The van der Waals surface area contributed by atoms with Crippen LogP contribution in [0.25, 0.3) is 5.65 Å². The number of pyridine rings is 1. The van der Waals surface area contributed by atoms with Gasteiger partial charge in [0.1, 0.15) is 5.65 Å². The van der Waals surface area contributed by atoms with E-state index in [0.717, 1.165) is 5.65 Å². The van der Waals surface area contributed by atoms with Crippen LogP contribution in [0, 0.1) is 0 Å². The van der Waals surface area contributed by atoms with Crippen LogP contribution in [-0.2, 0) is 20.7 Å². The second-order valence-electron chi connectivity index (χ2n) is 5.01. The van der Waals surface area contributed by atoms with E-state index in [9.17, 15) is 9.59 Å². The van der Waals surface area contributed by atoms with Crippen LogP contribution in [0.1, 0.15) is 26.0 Å². The molecule has 2 rings (SSSR count). The third-order valence-corrected chi connectivity index (χ3v) is 2.77. The molecule has 0 bridgehead atoms. The summed E-state index contributed by atoms with van der Waals surface area (Å²) >= 11 is 0. The molecule has 0 radical (unpaired) electrons. The van der Waals surface area contributed by atoms with E-state index in [2.05, 4.69) is 10.3 Å². The highest BCUT2D eigenvalue weighted by Crippen LogP contribution is 2.05. The Morgan fingerprint density at radius 2 is 2.19 bits per heavy atom. The summed E-state index contributed by atoms with van der Waals surface area (Å²) in [5.41, 5.74) is 1.50. The van der Waals surface area contributed by atoms with Crippen molar-refractivity contribution in [2.24, 2.45) is 0 Å². The molecule has 1 N–H and O–H groups in total. The Morgan fingerprint density at radius 1 is 1.38 bits per heavy atom. The maximum absolute atomic E-state index is 11.8. The first-order chi connectivity index (χ1) is 10.0. The van der Waals surface area contributed by atoms with Gasteiger partial charge >= 0.3 is 5.97 Å². The third kappa shape index (κ3) is 4.59. The first-order valence-electron chi connectivity index (χ1n) is 6.93. The number of nitrogens with one attached hydrogen (secondary N) is 1. The molecule has 6 heteroatoms. The van der Waals surface area contributed by atoms with Gasteiger partial charge in [-0.1, -0.05) is 6.07 Å². The van der Waals surface area contributed by atoms with Crippen LogP contribution < -0.4 is 5.32 Å². The topological polar surface area (TPSA) is 72.7 Å². The van der Waals surface area contributed by atoms with Crippen molar-refractivity contribution in [3.05, 3.63) is 36.3 Å². The fourth-order valence-corrected chi connectivity index (χ4v) is 1.93. The Balaban J connectivity index is 1.78. The molecular weight excluding hydrogens is 270 g/mol. The lowest BCUT2D eigenvalue weighted by atomic mass is 10.3. The summed E-state index contributed by atoms with van der Waals surface area (Å²) in [5, 5.41) is 2.69. The zero-order valence-corrected chi connectivity index (χ0v) is 12.2. The number of ether oxygens (including phenoxy) is 1. The Hall–Kier alpha value is -2.37. The van der Waals surface area contributed by atoms with Gasteiger partial charge in [0, 0.05) is 18.9 Å². The molecule has 0 saturated carbocycles. The van der Waals surface area contributed by atoms with Crippen molar-refractivity contribution in [3.8, 4) is 0 Å². The molecule has 0 spiro atoms. The molecule has 21 heavy (non-hydrogen) atoms. The maximum Gasteiger partial charge on any atom is 0.307 e. The first kappa shape index (κ1) is 15.0. The molecular formula is C15H19N3O3. The fourth-order valence-electron chi connectivity index (χ4n) is 1.93. The Morgan fingerprint density at radius 3 is 2.90 bits per heavy atom. The maximum atomic E-state index is 11.8. The molecule has 0 aromatic carbocycles. The van der Waals surface area contributed by atoms with Gasteiger partial charge in [0.15, 0.2) is 0 Å². The van der Waals surface area contributed by atoms with E-state index in [4.69, 9.17) is 4.74 Å². The van der Waals surface area contributed by atoms with E-state index < -0.39 is 0 Å². The van der Waals surface area contributed by atoms with Crippen molar-refractivity contribution in [2.75, 3.05) is 6.54 Å². The summed E-state index contributed by atoms with van der Waals surface area (Å²) in [4.78, 5) is 27.4. The normalized spacial score (nSPS) is 10.8. The molecule has 0 unspecified atom stereocenters. The van der Waals surface area contributed by atoms with Crippen molar-refractivity contribution in [2.45, 2.75) is 32.8 Å². The van der Waals surface area contributed by atoms with E-state index in [1.165, 1.54) is 0 Å². The number of esters is 1. The number of aromatic nitrogens is 2. The highest BCUT2D eigenvalue weighted by atomic mass is 16.5. The average Bonchev–Trinajstić information content (AvgIpc) is 2.79. The number of fused-ring (bicyclic) bond motifs is 1. The fraction of sp³-hybridized carbons (Fsp3) is 0.400. The van der Waals surface area contributed by atoms with Crippen LogP contribution >= 0.6 is 0 Å². The number of hydrogen-bond donors (Lipinski definition) is 1. The minimum atomic E-state index is -0.307. The lowest BCUT2D eigenvalue weighted by Gasteiger charge is -2.08. The Labute approximate surface area is 123 Å². The third-order valence-electron chi connectivity index (χ3n) is 2.77. The number of hydrogen-bond acceptors (Lipinski definition) is 4. The Kier molecular flexibility index (Phi) is 4.92. The number of nitrogens with zero attached hydrogens (tertiary/aromatic N) is 2. The van der Waals surface area contributed by atoms with Crippen LogP contribution in [-0.4, -0.2) is 33.9 Å². The van der Waals surface area contributed by atoms with E-state index in [0.29, 0.717) is 5.69 Å². The van der Waals surface area contributed by atoms with Crippen molar-refractivity contribution in [1.29, 1.82) is 0 Å². The van der Waals surface area contributed by atoms with Gasteiger partial charge in [-0.05, 0) is 26.0 Å². The van der Waals surface area contributed by atoms with E-state index in [1.807, 2.05) is 35.0 Å². The summed E-state index contributed by atoms with van der Waals surface area (Å²) < 4.78 is 6.85. The summed E-state index contributed by atoms with van der Waals surface area (Å²) in [6, 6.07) is 5.68. The number of rotatable bonds is 6. The van der Waals surface area contributed by atoms with Crippen molar-refractivity contribution in [3.63, 3.8) is 0 Å². The second kappa shape index (κ2) is 6.88. The van der Waals surface area contributed by atoms with E-state index in [-0.39, 0.29) is 37.4 Å².